The third kappa shape index (κ3) is 5.89. The van der Waals surface area contributed by atoms with Crippen LogP contribution in [-0.4, -0.2) is 46.4 Å². The Bertz CT molecular complexity index is 1610. The number of rotatable bonds is 9. The molecule has 1 aromatic rings. The minimum absolute atomic E-state index is 0.0422. The lowest BCUT2D eigenvalue weighted by atomic mass is 9.33. The Morgan fingerprint density at radius 3 is 2.33 bits per heavy atom. The van der Waals surface area contributed by atoms with E-state index in [9.17, 15) is 24.3 Å². The molecule has 5 aliphatic carbocycles. The van der Waals surface area contributed by atoms with Gasteiger partial charge in [0.15, 0.2) is 5.78 Å². The first-order valence-corrected chi connectivity index (χ1v) is 19.6. The van der Waals surface area contributed by atoms with Gasteiger partial charge in [-0.05, 0) is 129 Å². The Labute approximate surface area is 305 Å². The third-order valence-electron chi connectivity index (χ3n) is 15.7. The number of aromatic nitrogens is 1. The predicted molar refractivity (Wildman–Crippen MR) is 197 cm³/mol. The van der Waals surface area contributed by atoms with Gasteiger partial charge in [0.25, 0.3) is 5.91 Å². The van der Waals surface area contributed by atoms with Crippen LogP contribution >= 0.6 is 0 Å². The first-order valence-electron chi connectivity index (χ1n) is 19.6. The molecule has 0 bridgehead atoms. The number of ether oxygens (including phenoxy) is 1. The maximum Gasteiger partial charge on any atom is 0.309 e. The summed E-state index contributed by atoms with van der Waals surface area (Å²) in [5.74, 6) is 0.134. The van der Waals surface area contributed by atoms with Crippen LogP contribution in [0.1, 0.15) is 143 Å². The Morgan fingerprint density at radius 1 is 0.961 bits per heavy atom. The monoisotopic (exact) mass is 702 g/mol. The molecule has 0 aliphatic heterocycles. The molecule has 8 atom stereocenters. The van der Waals surface area contributed by atoms with Crippen LogP contribution in [0, 0.1) is 56.2 Å². The summed E-state index contributed by atoms with van der Waals surface area (Å²) in [7, 11) is 0. The van der Waals surface area contributed by atoms with E-state index >= 15 is 0 Å². The lowest BCUT2D eigenvalue weighted by Crippen LogP contribution is -2.65. The minimum Gasteiger partial charge on any atom is -0.481 e. The van der Waals surface area contributed by atoms with Gasteiger partial charge in [-0.1, -0.05) is 60.1 Å². The van der Waals surface area contributed by atoms with Crippen molar-refractivity contribution in [3.8, 4) is 0 Å². The third-order valence-corrected chi connectivity index (χ3v) is 15.7. The molecule has 8 nitrogen and oxygen atoms in total. The lowest BCUT2D eigenvalue weighted by molar-refractivity contribution is -0.233. The second-order valence-corrected chi connectivity index (χ2v) is 19.4. The lowest BCUT2D eigenvalue weighted by Gasteiger charge is -2.72. The quantitative estimate of drug-likeness (QED) is 0.247. The molecule has 0 radical (unpaired) electrons. The molecule has 0 saturated heterocycles. The number of carbonyl (C=O) groups excluding carboxylic acids is 3. The van der Waals surface area contributed by atoms with Crippen LogP contribution in [0.4, 0.5) is 0 Å². The minimum atomic E-state index is -1.16. The smallest absolute Gasteiger partial charge is 0.309 e. The van der Waals surface area contributed by atoms with E-state index in [1.807, 2.05) is 12.1 Å². The Hall–Kier alpha value is -3.03. The highest BCUT2D eigenvalue weighted by Gasteiger charge is 2.70. The zero-order valence-corrected chi connectivity index (χ0v) is 32.6. The van der Waals surface area contributed by atoms with E-state index in [-0.39, 0.29) is 51.4 Å². The molecule has 5 aliphatic rings. The fraction of sp³-hybridized carbons (Fsp3) is 0.744. The molecule has 51 heavy (non-hydrogen) atoms. The van der Waals surface area contributed by atoms with Crippen LogP contribution in [0.5, 0.6) is 0 Å². The van der Waals surface area contributed by atoms with Crippen LogP contribution in [0.25, 0.3) is 0 Å². The molecule has 6 rings (SSSR count). The van der Waals surface area contributed by atoms with E-state index < -0.39 is 17.4 Å². The van der Waals surface area contributed by atoms with Gasteiger partial charge >= 0.3 is 11.9 Å². The van der Waals surface area contributed by atoms with Gasteiger partial charge in [-0.15, -0.1) is 0 Å². The number of amides is 1. The number of Topliss-reactive ketones (excluding diaryl/α,β-unsaturated/α-hetero) is 1. The van der Waals surface area contributed by atoms with Crippen LogP contribution in [-0.2, 0) is 19.1 Å². The van der Waals surface area contributed by atoms with E-state index in [1.165, 1.54) is 5.57 Å². The summed E-state index contributed by atoms with van der Waals surface area (Å²) in [6, 6.07) is 5.37. The second kappa shape index (κ2) is 12.8. The summed E-state index contributed by atoms with van der Waals surface area (Å²) in [4.78, 5) is 55.9. The van der Waals surface area contributed by atoms with Crippen molar-refractivity contribution in [2.45, 2.75) is 139 Å². The highest BCUT2D eigenvalue weighted by atomic mass is 16.5. The summed E-state index contributed by atoms with van der Waals surface area (Å²) in [6.07, 6.45) is 10.8. The number of aliphatic carboxylic acids is 1. The SMILES string of the molecule is CC(C)C1=C2C3CCC4C5(C)CCC(OC(=O)CC(C)(C)C(=O)O)C(C)(C)C5CCC4(C)C3(C)CCC2(CCNC(=O)c2ccccn2)CC1=O. The molecule has 8 heteroatoms. The van der Waals surface area contributed by atoms with Gasteiger partial charge in [0, 0.05) is 30.0 Å². The second-order valence-electron chi connectivity index (χ2n) is 19.4. The average molecular weight is 703 g/mol. The largest absolute Gasteiger partial charge is 0.481 e. The molecule has 1 amide bonds. The fourth-order valence-electron chi connectivity index (χ4n) is 12.9. The van der Waals surface area contributed by atoms with E-state index in [0.29, 0.717) is 42.2 Å². The molecule has 0 spiro atoms. The maximum absolute atomic E-state index is 14.0. The van der Waals surface area contributed by atoms with Crippen molar-refractivity contribution in [3.05, 3.63) is 41.2 Å². The van der Waals surface area contributed by atoms with E-state index in [0.717, 1.165) is 63.4 Å². The number of hydrogen-bond donors (Lipinski definition) is 2. The molecule has 0 aromatic carbocycles. The number of nitrogens with zero attached hydrogens (tertiary/aromatic N) is 1. The predicted octanol–water partition coefficient (Wildman–Crippen LogP) is 8.59. The molecule has 1 heterocycles. The van der Waals surface area contributed by atoms with Gasteiger partial charge in [0.1, 0.15) is 11.8 Å². The standard InChI is InChI=1S/C43H62N2O6/c1-26(2)34-29(46)24-43(21-23-45-36(48)28-12-10-11-22-44-28)20-19-41(8)27(35(34)43)13-14-31-40(7)17-16-32(51-33(47)25-38(3,4)37(49)50)39(5,6)30(40)15-18-42(31,41)9/h10-12,22,26-27,30-32H,13-21,23-25H2,1-9H3,(H,45,48)(H,49,50). The van der Waals surface area contributed by atoms with E-state index in [2.05, 4.69) is 58.8 Å². The Balaban J connectivity index is 1.25. The summed E-state index contributed by atoms with van der Waals surface area (Å²) >= 11 is 0. The first-order chi connectivity index (χ1) is 23.7. The topological polar surface area (TPSA) is 123 Å². The highest BCUT2D eigenvalue weighted by Crippen LogP contribution is 2.77. The van der Waals surface area contributed by atoms with Gasteiger partial charge in [-0.3, -0.25) is 24.2 Å². The molecule has 280 valence electrons. The number of esters is 1. The number of carbonyl (C=O) groups is 4. The van der Waals surface area contributed by atoms with Crippen LogP contribution in [0.15, 0.2) is 35.5 Å². The summed E-state index contributed by atoms with van der Waals surface area (Å²) in [6.45, 7) is 20.2. The van der Waals surface area contributed by atoms with Crippen molar-refractivity contribution >= 4 is 23.6 Å². The summed E-state index contributed by atoms with van der Waals surface area (Å²) in [5, 5.41) is 12.7. The number of hydrogen-bond acceptors (Lipinski definition) is 6. The molecule has 2 N–H and O–H groups in total. The van der Waals surface area contributed by atoms with E-state index in [1.54, 1.807) is 26.1 Å². The van der Waals surface area contributed by atoms with Crippen molar-refractivity contribution in [2.75, 3.05) is 6.54 Å². The van der Waals surface area contributed by atoms with Crippen molar-refractivity contribution < 1.29 is 29.0 Å². The number of carboxylic acids is 1. The molecule has 1 aromatic heterocycles. The Kier molecular flexibility index (Phi) is 9.49. The van der Waals surface area contributed by atoms with E-state index in [4.69, 9.17) is 4.74 Å². The van der Waals surface area contributed by atoms with Gasteiger partial charge in [-0.25, -0.2) is 0 Å². The number of pyridine rings is 1. The summed E-state index contributed by atoms with van der Waals surface area (Å²) in [5.41, 5.74) is 1.52. The van der Waals surface area contributed by atoms with Gasteiger partial charge in [0.05, 0.1) is 11.8 Å². The maximum atomic E-state index is 14.0. The van der Waals surface area contributed by atoms with Crippen molar-refractivity contribution in [1.29, 1.82) is 0 Å². The van der Waals surface area contributed by atoms with Crippen molar-refractivity contribution in [3.63, 3.8) is 0 Å². The normalized spacial score (nSPS) is 37.2. The van der Waals surface area contributed by atoms with Crippen molar-refractivity contribution in [1.82, 2.24) is 10.3 Å². The number of ketones is 1. The number of fused-ring (bicyclic) bond motifs is 7. The molecular formula is C43H62N2O6. The zero-order valence-electron chi connectivity index (χ0n) is 32.6. The van der Waals surface area contributed by atoms with Crippen molar-refractivity contribution in [2.24, 2.45) is 56.2 Å². The van der Waals surface area contributed by atoms with Gasteiger partial charge in [-0.2, -0.15) is 0 Å². The van der Waals surface area contributed by atoms with Crippen LogP contribution in [0.3, 0.4) is 0 Å². The average Bonchev–Trinajstić information content (AvgIpc) is 3.35. The zero-order chi connectivity index (χ0) is 37.4. The van der Waals surface area contributed by atoms with Gasteiger partial charge < -0.3 is 15.2 Å². The van der Waals surface area contributed by atoms with Crippen LogP contribution in [0.2, 0.25) is 0 Å². The Morgan fingerprint density at radius 2 is 1.69 bits per heavy atom. The highest BCUT2D eigenvalue weighted by molar-refractivity contribution is 6.00. The van der Waals surface area contributed by atoms with Crippen LogP contribution < -0.4 is 5.32 Å². The number of nitrogens with one attached hydrogen (secondary N) is 1. The number of carboxylic acid groups (broad SMARTS) is 1. The molecule has 4 saturated carbocycles. The number of allylic oxidation sites excluding steroid dienone is 2. The molecule has 8 unspecified atom stereocenters. The molecule has 4 fully saturated rings. The fourth-order valence-corrected chi connectivity index (χ4v) is 12.9. The summed E-state index contributed by atoms with van der Waals surface area (Å²) < 4.78 is 6.16. The molecular weight excluding hydrogens is 640 g/mol. The van der Waals surface area contributed by atoms with Gasteiger partial charge in [0.2, 0.25) is 0 Å². The first kappa shape index (κ1) is 37.7.